The Morgan fingerprint density at radius 1 is 1.42 bits per heavy atom. The first kappa shape index (κ1) is 12.3. The average Bonchev–Trinajstić information content (AvgIpc) is 2.95. The summed E-state index contributed by atoms with van der Waals surface area (Å²) < 4.78 is 10.5. The van der Waals surface area contributed by atoms with Crippen LogP contribution in [0.3, 0.4) is 0 Å². The van der Waals surface area contributed by atoms with Gasteiger partial charge >= 0.3 is 0 Å². The van der Waals surface area contributed by atoms with Crippen LogP contribution in [0.1, 0.15) is 25.0 Å². The van der Waals surface area contributed by atoms with E-state index in [2.05, 4.69) is 0 Å². The Hall–Kier alpha value is -1.75. The second-order valence-corrected chi connectivity index (χ2v) is 5.24. The summed E-state index contributed by atoms with van der Waals surface area (Å²) in [6.45, 7) is 3.32. The number of ether oxygens (including phenoxy) is 2. The highest BCUT2D eigenvalue weighted by Crippen LogP contribution is 2.34. The van der Waals surface area contributed by atoms with Gasteiger partial charge in [0.15, 0.2) is 11.5 Å². The van der Waals surface area contributed by atoms with Crippen molar-refractivity contribution in [2.75, 3.05) is 19.9 Å². The molecule has 5 heteroatoms. The van der Waals surface area contributed by atoms with Crippen LogP contribution in [0.2, 0.25) is 0 Å². The molecule has 2 heterocycles. The van der Waals surface area contributed by atoms with Gasteiger partial charge in [0.25, 0.3) is 0 Å². The lowest BCUT2D eigenvalue weighted by molar-refractivity contribution is -0.128. The number of hydrogen-bond donors (Lipinski definition) is 1. The van der Waals surface area contributed by atoms with Gasteiger partial charge in [0.1, 0.15) is 0 Å². The van der Waals surface area contributed by atoms with Crippen LogP contribution in [-0.2, 0) is 4.79 Å². The third-order valence-electron chi connectivity index (χ3n) is 3.58. The fraction of sp³-hybridized carbons (Fsp3) is 0.500. The first-order chi connectivity index (χ1) is 9.13. The minimum Gasteiger partial charge on any atom is -0.454 e. The first-order valence-corrected chi connectivity index (χ1v) is 6.49. The van der Waals surface area contributed by atoms with Gasteiger partial charge in [-0.2, -0.15) is 0 Å². The number of aliphatic hydroxyl groups excluding tert-OH is 1. The van der Waals surface area contributed by atoms with Gasteiger partial charge in [0, 0.05) is 13.0 Å². The number of likely N-dealkylation sites (tertiary alicyclic amines) is 1. The number of fused-ring (bicyclic) bond motifs is 1. The summed E-state index contributed by atoms with van der Waals surface area (Å²) >= 11 is 0. The number of carbonyl (C=O) groups is 1. The Labute approximate surface area is 111 Å². The molecule has 2 aliphatic rings. The molecule has 0 aromatic heterocycles. The van der Waals surface area contributed by atoms with Crippen molar-refractivity contribution in [2.45, 2.75) is 19.4 Å². The Bertz CT molecular complexity index is 502. The van der Waals surface area contributed by atoms with E-state index >= 15 is 0 Å². The molecule has 1 amide bonds. The zero-order chi connectivity index (χ0) is 13.4. The zero-order valence-electron chi connectivity index (χ0n) is 10.8. The van der Waals surface area contributed by atoms with E-state index in [1.54, 1.807) is 17.0 Å². The maximum Gasteiger partial charge on any atom is 0.231 e. The number of hydrogen-bond acceptors (Lipinski definition) is 4. The van der Waals surface area contributed by atoms with Crippen molar-refractivity contribution in [2.24, 2.45) is 5.92 Å². The molecule has 19 heavy (non-hydrogen) atoms. The lowest BCUT2D eigenvalue weighted by Gasteiger charge is -2.20. The van der Waals surface area contributed by atoms with Gasteiger partial charge in [0.2, 0.25) is 12.7 Å². The Kier molecular flexibility index (Phi) is 3.06. The molecule has 2 atom stereocenters. The molecule has 0 spiro atoms. The molecule has 0 aliphatic carbocycles. The summed E-state index contributed by atoms with van der Waals surface area (Å²) in [5.74, 6) is 1.84. The highest BCUT2D eigenvalue weighted by atomic mass is 16.7. The molecular formula is C14H17NO4. The molecule has 2 aliphatic heterocycles. The molecule has 1 saturated heterocycles. The Morgan fingerprint density at radius 2 is 2.21 bits per heavy atom. The summed E-state index contributed by atoms with van der Waals surface area (Å²) in [5.41, 5.74) is 0.747. The van der Waals surface area contributed by atoms with Crippen LogP contribution in [0.5, 0.6) is 11.5 Å². The van der Waals surface area contributed by atoms with Crippen LogP contribution in [0.15, 0.2) is 18.2 Å². The summed E-state index contributed by atoms with van der Waals surface area (Å²) in [5, 5.41) is 10.2. The molecule has 1 aromatic rings. The summed E-state index contributed by atoms with van der Waals surface area (Å²) in [7, 11) is 0. The molecule has 1 aromatic carbocycles. The van der Waals surface area contributed by atoms with Gasteiger partial charge in [-0.25, -0.2) is 0 Å². The minimum atomic E-state index is -0.691. The molecule has 1 N–H and O–H groups in total. The van der Waals surface area contributed by atoms with Crippen LogP contribution >= 0.6 is 0 Å². The van der Waals surface area contributed by atoms with E-state index in [-0.39, 0.29) is 12.7 Å². The number of rotatable bonds is 3. The van der Waals surface area contributed by atoms with Crippen molar-refractivity contribution in [3.63, 3.8) is 0 Å². The molecular weight excluding hydrogens is 246 g/mol. The summed E-state index contributed by atoms with van der Waals surface area (Å²) in [6.07, 6.45) is -0.114. The van der Waals surface area contributed by atoms with Crippen LogP contribution in [0.4, 0.5) is 0 Å². The number of nitrogens with zero attached hydrogens (tertiary/aromatic N) is 1. The van der Waals surface area contributed by atoms with E-state index < -0.39 is 6.10 Å². The third kappa shape index (κ3) is 2.38. The number of benzene rings is 1. The molecule has 2 unspecified atom stereocenters. The van der Waals surface area contributed by atoms with E-state index in [0.29, 0.717) is 30.4 Å². The molecule has 0 radical (unpaired) electrons. The molecule has 3 rings (SSSR count). The number of amides is 1. The predicted molar refractivity (Wildman–Crippen MR) is 67.9 cm³/mol. The SMILES string of the molecule is CC1CC(=O)N(CC(O)c2ccc3c(c2)OCO3)C1. The van der Waals surface area contributed by atoms with Crippen molar-refractivity contribution in [1.29, 1.82) is 0 Å². The number of β-amino-alcohol motifs (C(OH)–C–C–N with tert-alkyl or cyclic N) is 1. The topological polar surface area (TPSA) is 59.0 Å². The second kappa shape index (κ2) is 4.74. The Balaban J connectivity index is 1.70. The summed E-state index contributed by atoms with van der Waals surface area (Å²) in [6, 6.07) is 5.37. The van der Waals surface area contributed by atoms with Crippen molar-refractivity contribution >= 4 is 5.91 Å². The van der Waals surface area contributed by atoms with Gasteiger partial charge < -0.3 is 19.5 Å². The molecule has 0 bridgehead atoms. The van der Waals surface area contributed by atoms with Crippen molar-refractivity contribution in [3.8, 4) is 11.5 Å². The van der Waals surface area contributed by atoms with E-state index in [0.717, 1.165) is 12.1 Å². The predicted octanol–water partition coefficient (Wildman–Crippen LogP) is 1.32. The third-order valence-corrected chi connectivity index (χ3v) is 3.58. The van der Waals surface area contributed by atoms with E-state index in [9.17, 15) is 9.90 Å². The second-order valence-electron chi connectivity index (χ2n) is 5.24. The van der Waals surface area contributed by atoms with Gasteiger partial charge in [-0.05, 0) is 23.6 Å². The van der Waals surface area contributed by atoms with Crippen molar-refractivity contribution < 1.29 is 19.4 Å². The highest BCUT2D eigenvalue weighted by molar-refractivity contribution is 5.78. The highest BCUT2D eigenvalue weighted by Gasteiger charge is 2.28. The van der Waals surface area contributed by atoms with E-state index in [1.165, 1.54) is 0 Å². The van der Waals surface area contributed by atoms with Crippen molar-refractivity contribution in [3.05, 3.63) is 23.8 Å². The summed E-state index contributed by atoms with van der Waals surface area (Å²) in [4.78, 5) is 13.4. The largest absolute Gasteiger partial charge is 0.454 e. The van der Waals surface area contributed by atoms with Gasteiger partial charge in [-0.15, -0.1) is 0 Å². The molecule has 0 saturated carbocycles. The fourth-order valence-corrected chi connectivity index (χ4v) is 2.58. The van der Waals surface area contributed by atoms with Crippen LogP contribution in [-0.4, -0.2) is 35.8 Å². The number of aliphatic hydroxyl groups is 1. The van der Waals surface area contributed by atoms with Crippen molar-refractivity contribution in [1.82, 2.24) is 4.90 Å². The maximum absolute atomic E-state index is 11.7. The van der Waals surface area contributed by atoms with E-state index in [1.807, 2.05) is 13.0 Å². The monoisotopic (exact) mass is 263 g/mol. The quantitative estimate of drug-likeness (QED) is 0.893. The molecule has 1 fully saturated rings. The minimum absolute atomic E-state index is 0.118. The smallest absolute Gasteiger partial charge is 0.231 e. The van der Waals surface area contributed by atoms with Crippen LogP contribution in [0, 0.1) is 5.92 Å². The number of carbonyl (C=O) groups excluding carboxylic acids is 1. The normalized spacial score (nSPS) is 22.9. The van der Waals surface area contributed by atoms with Gasteiger partial charge in [0.05, 0.1) is 12.6 Å². The van der Waals surface area contributed by atoms with Crippen LogP contribution in [0.25, 0.3) is 0 Å². The lowest BCUT2D eigenvalue weighted by Crippen LogP contribution is -2.30. The average molecular weight is 263 g/mol. The molecule has 5 nitrogen and oxygen atoms in total. The van der Waals surface area contributed by atoms with E-state index in [4.69, 9.17) is 9.47 Å². The van der Waals surface area contributed by atoms with Gasteiger partial charge in [-0.3, -0.25) is 4.79 Å². The lowest BCUT2D eigenvalue weighted by atomic mass is 10.1. The Morgan fingerprint density at radius 3 is 2.95 bits per heavy atom. The first-order valence-electron chi connectivity index (χ1n) is 6.49. The van der Waals surface area contributed by atoms with Gasteiger partial charge in [-0.1, -0.05) is 13.0 Å². The molecule has 102 valence electrons. The standard InChI is InChI=1S/C14H17NO4/c1-9-4-14(17)15(6-9)7-11(16)10-2-3-12-13(5-10)19-8-18-12/h2-3,5,9,11,16H,4,6-8H2,1H3. The van der Waals surface area contributed by atoms with Crippen LogP contribution < -0.4 is 9.47 Å². The maximum atomic E-state index is 11.7. The zero-order valence-corrected chi connectivity index (χ0v) is 10.8. The fourth-order valence-electron chi connectivity index (χ4n) is 2.58.